The summed E-state index contributed by atoms with van der Waals surface area (Å²) in [7, 11) is 1.80. The summed E-state index contributed by atoms with van der Waals surface area (Å²) < 4.78 is 12.5. The van der Waals surface area contributed by atoms with Crippen molar-refractivity contribution in [2.75, 3.05) is 0 Å². The maximum absolute atomic E-state index is 11.0. The van der Waals surface area contributed by atoms with E-state index in [2.05, 4.69) is 15.1 Å². The van der Waals surface area contributed by atoms with Crippen LogP contribution in [0.3, 0.4) is 0 Å². The molecule has 4 aromatic rings. The van der Waals surface area contributed by atoms with Gasteiger partial charge in [0.25, 0.3) is 0 Å². The molecule has 0 atom stereocenters. The third kappa shape index (κ3) is 3.40. The summed E-state index contributed by atoms with van der Waals surface area (Å²) in [5.74, 6) is 0.914. The van der Waals surface area contributed by atoms with Crippen molar-refractivity contribution >= 4 is 17.1 Å². The van der Waals surface area contributed by atoms with E-state index in [0.717, 1.165) is 16.5 Å². The van der Waals surface area contributed by atoms with Crippen molar-refractivity contribution in [3.8, 4) is 28.6 Å². The van der Waals surface area contributed by atoms with Crippen LogP contribution in [0.25, 0.3) is 22.2 Å². The van der Waals surface area contributed by atoms with Crippen LogP contribution in [0.1, 0.15) is 0 Å². The summed E-state index contributed by atoms with van der Waals surface area (Å²) in [6.07, 6.45) is 2.49. The Kier molecular flexibility index (Phi) is 4.13. The van der Waals surface area contributed by atoms with E-state index in [-0.39, 0.29) is 6.01 Å². The first-order chi connectivity index (χ1) is 13.1. The van der Waals surface area contributed by atoms with Crippen LogP contribution in [0.2, 0.25) is 0 Å². The number of aryl methyl sites for hydroxylation is 1. The number of carbonyl (C=O) groups excluding carboxylic acids is 1. The molecule has 27 heavy (non-hydrogen) atoms. The molecule has 2 N–H and O–H groups in total. The number of ether oxygens (including phenoxy) is 2. The number of nitrogens with zero attached hydrogens (tertiary/aromatic N) is 4. The van der Waals surface area contributed by atoms with Crippen LogP contribution in [-0.2, 0) is 7.05 Å². The number of amides is 1. The predicted octanol–water partition coefficient (Wildman–Crippen LogP) is 3.28. The van der Waals surface area contributed by atoms with Gasteiger partial charge in [0.15, 0.2) is 5.65 Å². The van der Waals surface area contributed by atoms with Crippen molar-refractivity contribution in [3.63, 3.8) is 0 Å². The standard InChI is InChI=1S/C19H15N5O3/c1-24-17-13(11-22-24)10-21-19(23-17)27-16-8-3-2-7-15(16)12-5-4-6-14(9-12)26-18(20)25/h2-11H,1H3,(H2,20,25). The Balaban J connectivity index is 1.70. The van der Waals surface area contributed by atoms with E-state index in [1.165, 1.54) is 0 Å². The van der Waals surface area contributed by atoms with Crippen molar-refractivity contribution in [2.45, 2.75) is 0 Å². The van der Waals surface area contributed by atoms with Gasteiger partial charge in [-0.05, 0) is 23.8 Å². The number of nitrogens with two attached hydrogens (primary N) is 1. The van der Waals surface area contributed by atoms with Crippen LogP contribution >= 0.6 is 0 Å². The number of rotatable bonds is 4. The van der Waals surface area contributed by atoms with Crippen molar-refractivity contribution in [3.05, 3.63) is 60.9 Å². The molecule has 0 fully saturated rings. The lowest BCUT2D eigenvalue weighted by atomic mass is 10.0. The monoisotopic (exact) mass is 361 g/mol. The average molecular weight is 361 g/mol. The second kappa shape index (κ2) is 6.75. The molecule has 0 spiro atoms. The van der Waals surface area contributed by atoms with Crippen LogP contribution in [-0.4, -0.2) is 25.8 Å². The van der Waals surface area contributed by atoms with Crippen LogP contribution in [0, 0.1) is 0 Å². The zero-order chi connectivity index (χ0) is 18.8. The van der Waals surface area contributed by atoms with E-state index in [0.29, 0.717) is 17.1 Å². The number of primary amides is 1. The Hall–Kier alpha value is -3.94. The SMILES string of the molecule is Cn1ncc2cnc(Oc3ccccc3-c3cccc(OC(N)=O)c3)nc21. The Morgan fingerprint density at radius 1 is 1.11 bits per heavy atom. The van der Waals surface area contributed by atoms with Gasteiger partial charge in [-0.15, -0.1) is 0 Å². The zero-order valence-corrected chi connectivity index (χ0v) is 14.4. The minimum Gasteiger partial charge on any atom is -0.424 e. The van der Waals surface area contributed by atoms with E-state index in [1.54, 1.807) is 42.3 Å². The normalized spacial score (nSPS) is 10.7. The molecule has 1 amide bonds. The topological polar surface area (TPSA) is 105 Å². The third-order valence-corrected chi connectivity index (χ3v) is 3.90. The summed E-state index contributed by atoms with van der Waals surface area (Å²) in [6, 6.07) is 14.7. The van der Waals surface area contributed by atoms with Crippen molar-refractivity contribution in [1.82, 2.24) is 19.7 Å². The largest absolute Gasteiger partial charge is 0.424 e. The van der Waals surface area contributed by atoms with Gasteiger partial charge in [0.2, 0.25) is 0 Å². The molecule has 2 aromatic carbocycles. The molecule has 0 aliphatic heterocycles. The molecule has 0 bridgehead atoms. The highest BCUT2D eigenvalue weighted by Gasteiger charge is 2.11. The van der Waals surface area contributed by atoms with Crippen LogP contribution in [0.15, 0.2) is 60.9 Å². The molecule has 0 unspecified atom stereocenters. The second-order valence-corrected chi connectivity index (χ2v) is 5.75. The first-order valence-electron chi connectivity index (χ1n) is 8.09. The summed E-state index contributed by atoms with van der Waals surface area (Å²) >= 11 is 0. The van der Waals surface area contributed by atoms with Gasteiger partial charge in [0.05, 0.1) is 11.6 Å². The molecule has 0 saturated heterocycles. The number of aromatic nitrogens is 4. The fourth-order valence-electron chi connectivity index (χ4n) is 2.71. The molecule has 2 heterocycles. The van der Waals surface area contributed by atoms with Gasteiger partial charge in [-0.1, -0.05) is 30.3 Å². The number of hydrogen-bond donors (Lipinski definition) is 1. The Morgan fingerprint density at radius 3 is 2.81 bits per heavy atom. The van der Waals surface area contributed by atoms with Gasteiger partial charge >= 0.3 is 12.1 Å². The molecule has 0 aliphatic carbocycles. The predicted molar refractivity (Wildman–Crippen MR) is 98.5 cm³/mol. The van der Waals surface area contributed by atoms with Crippen LogP contribution < -0.4 is 15.2 Å². The quantitative estimate of drug-likeness (QED) is 0.598. The van der Waals surface area contributed by atoms with Crippen LogP contribution in [0.4, 0.5) is 4.79 Å². The molecule has 2 aromatic heterocycles. The fourth-order valence-corrected chi connectivity index (χ4v) is 2.71. The summed E-state index contributed by atoms with van der Waals surface area (Å²) in [6.45, 7) is 0. The van der Waals surface area contributed by atoms with Gasteiger partial charge in [-0.2, -0.15) is 10.1 Å². The van der Waals surface area contributed by atoms with Gasteiger partial charge < -0.3 is 15.2 Å². The number of fused-ring (bicyclic) bond motifs is 1. The summed E-state index contributed by atoms with van der Waals surface area (Å²) in [5.41, 5.74) is 7.35. The number of hydrogen-bond acceptors (Lipinski definition) is 6. The lowest BCUT2D eigenvalue weighted by molar-refractivity contribution is 0.211. The van der Waals surface area contributed by atoms with Gasteiger partial charge in [-0.25, -0.2) is 9.78 Å². The van der Waals surface area contributed by atoms with E-state index in [9.17, 15) is 4.79 Å². The van der Waals surface area contributed by atoms with Crippen molar-refractivity contribution in [1.29, 1.82) is 0 Å². The number of para-hydroxylation sites is 1. The molecule has 134 valence electrons. The summed E-state index contributed by atoms with van der Waals surface area (Å²) in [5, 5.41) is 4.98. The molecule has 0 radical (unpaired) electrons. The molecular weight excluding hydrogens is 346 g/mol. The zero-order valence-electron chi connectivity index (χ0n) is 14.4. The first-order valence-corrected chi connectivity index (χ1v) is 8.09. The molecule has 8 nitrogen and oxygen atoms in total. The lowest BCUT2D eigenvalue weighted by Gasteiger charge is -2.11. The smallest absolute Gasteiger partial charge is 0.409 e. The second-order valence-electron chi connectivity index (χ2n) is 5.75. The first kappa shape index (κ1) is 16.5. The van der Waals surface area contributed by atoms with Gasteiger partial charge in [0, 0.05) is 18.8 Å². The molecular formula is C19H15N5O3. The highest BCUT2D eigenvalue weighted by atomic mass is 16.5. The average Bonchev–Trinajstić information content (AvgIpc) is 3.02. The molecule has 4 rings (SSSR count). The van der Waals surface area contributed by atoms with E-state index in [1.807, 2.05) is 30.3 Å². The highest BCUT2D eigenvalue weighted by molar-refractivity contribution is 5.75. The third-order valence-electron chi connectivity index (χ3n) is 3.90. The minimum atomic E-state index is -0.866. The van der Waals surface area contributed by atoms with Crippen molar-refractivity contribution < 1.29 is 14.3 Å². The number of benzene rings is 2. The lowest BCUT2D eigenvalue weighted by Crippen LogP contribution is -2.16. The van der Waals surface area contributed by atoms with Gasteiger partial charge in [0.1, 0.15) is 11.5 Å². The minimum absolute atomic E-state index is 0.211. The van der Waals surface area contributed by atoms with E-state index in [4.69, 9.17) is 15.2 Å². The van der Waals surface area contributed by atoms with Gasteiger partial charge in [-0.3, -0.25) is 4.68 Å². The van der Waals surface area contributed by atoms with E-state index < -0.39 is 6.09 Å². The molecule has 0 saturated carbocycles. The molecule has 0 aliphatic rings. The fraction of sp³-hybridized carbons (Fsp3) is 0.0526. The highest BCUT2D eigenvalue weighted by Crippen LogP contribution is 2.34. The van der Waals surface area contributed by atoms with E-state index >= 15 is 0 Å². The van der Waals surface area contributed by atoms with Crippen molar-refractivity contribution in [2.24, 2.45) is 12.8 Å². The van der Waals surface area contributed by atoms with Crippen LogP contribution in [0.5, 0.6) is 17.5 Å². The Labute approximate surface area is 154 Å². The Morgan fingerprint density at radius 2 is 1.96 bits per heavy atom. The maximum Gasteiger partial charge on any atom is 0.409 e. The number of carbonyl (C=O) groups is 1. The molecule has 8 heteroatoms. The Bertz CT molecular complexity index is 1140. The summed E-state index contributed by atoms with van der Waals surface area (Å²) in [4.78, 5) is 19.6. The maximum atomic E-state index is 11.0.